The van der Waals surface area contributed by atoms with Crippen molar-refractivity contribution in [3.63, 3.8) is 0 Å². The minimum Gasteiger partial charge on any atom is -0.491 e. The number of nitrogens with zero attached hydrogens (tertiary/aromatic N) is 1. The van der Waals surface area contributed by atoms with Gasteiger partial charge in [-0.25, -0.2) is 5.43 Å². The molecule has 0 atom stereocenters. The summed E-state index contributed by atoms with van der Waals surface area (Å²) in [6.45, 7) is 9.74. The molecule has 138 valence electrons. The summed E-state index contributed by atoms with van der Waals surface area (Å²) in [5.74, 6) is 1.15. The monoisotopic (exact) mass is 354 g/mol. The van der Waals surface area contributed by atoms with Crippen LogP contribution in [0.25, 0.3) is 0 Å². The van der Waals surface area contributed by atoms with Crippen molar-refractivity contribution in [3.8, 4) is 11.5 Å². The van der Waals surface area contributed by atoms with Crippen molar-refractivity contribution in [2.45, 2.75) is 46.8 Å². The third kappa shape index (κ3) is 5.62. The van der Waals surface area contributed by atoms with Crippen LogP contribution in [0.5, 0.6) is 11.5 Å². The maximum Gasteiger partial charge on any atom is 0.271 e. The molecule has 0 fully saturated rings. The zero-order valence-electron chi connectivity index (χ0n) is 15.9. The molecule has 0 aliphatic rings. The van der Waals surface area contributed by atoms with Crippen molar-refractivity contribution in [1.82, 2.24) is 5.43 Å². The molecule has 1 amide bonds. The van der Waals surface area contributed by atoms with E-state index in [4.69, 9.17) is 9.47 Å². The van der Waals surface area contributed by atoms with Crippen LogP contribution < -0.4 is 14.9 Å². The van der Waals surface area contributed by atoms with Crippen LogP contribution >= 0.6 is 0 Å². The fourth-order valence-electron chi connectivity index (χ4n) is 2.37. The van der Waals surface area contributed by atoms with E-state index in [2.05, 4.69) is 10.5 Å². The molecule has 2 aromatic carbocycles. The number of amides is 1. The molecule has 0 aliphatic heterocycles. The normalized spacial score (nSPS) is 11.2. The molecule has 0 radical (unpaired) electrons. The Balaban J connectivity index is 2.15. The molecule has 2 aromatic rings. The molecule has 1 N–H and O–H groups in total. The first kappa shape index (κ1) is 19.5. The van der Waals surface area contributed by atoms with E-state index >= 15 is 0 Å². The quantitative estimate of drug-likeness (QED) is 0.594. The molecule has 0 spiro atoms. The molecular formula is C21H26N2O3. The van der Waals surface area contributed by atoms with Gasteiger partial charge in [0.05, 0.1) is 18.4 Å². The predicted octanol–water partition coefficient (Wildman–Crippen LogP) is 4.33. The molecule has 0 saturated carbocycles. The van der Waals surface area contributed by atoms with Gasteiger partial charge in [0.1, 0.15) is 11.5 Å². The summed E-state index contributed by atoms with van der Waals surface area (Å²) in [6.07, 6.45) is 1.67. The van der Waals surface area contributed by atoms with Gasteiger partial charge < -0.3 is 9.47 Å². The van der Waals surface area contributed by atoms with Crippen molar-refractivity contribution in [2.24, 2.45) is 5.10 Å². The summed E-state index contributed by atoms with van der Waals surface area (Å²) in [5, 5.41) is 4.07. The highest BCUT2D eigenvalue weighted by molar-refractivity contribution is 5.96. The van der Waals surface area contributed by atoms with Crippen LogP contribution in [0.4, 0.5) is 0 Å². The first-order chi connectivity index (χ1) is 12.4. The molecule has 0 unspecified atom stereocenters. The number of hydrogen-bond acceptors (Lipinski definition) is 4. The summed E-state index contributed by atoms with van der Waals surface area (Å²) < 4.78 is 11.6. The fraction of sp³-hybridized carbons (Fsp3) is 0.333. The maximum atomic E-state index is 12.2. The highest BCUT2D eigenvalue weighted by Crippen LogP contribution is 2.25. The van der Waals surface area contributed by atoms with Crippen molar-refractivity contribution in [1.29, 1.82) is 0 Å². The Labute approximate surface area is 155 Å². The number of ether oxygens (including phenoxy) is 2. The number of rotatable bonds is 7. The Morgan fingerprint density at radius 2 is 1.73 bits per heavy atom. The molecule has 0 heterocycles. The SMILES string of the molecule is Cc1ccccc1C(=O)N/N=C\c1ccc(OC(C)C)cc1OC(C)C. The second-order valence-corrected chi connectivity index (χ2v) is 6.55. The van der Waals surface area contributed by atoms with Gasteiger partial charge in [-0.3, -0.25) is 4.79 Å². The van der Waals surface area contributed by atoms with Crippen LogP contribution in [-0.4, -0.2) is 24.3 Å². The van der Waals surface area contributed by atoms with Gasteiger partial charge in [-0.1, -0.05) is 18.2 Å². The van der Waals surface area contributed by atoms with Crippen molar-refractivity contribution >= 4 is 12.1 Å². The standard InChI is InChI=1S/C21H26N2O3/c1-14(2)25-18-11-10-17(20(12-18)26-15(3)4)13-22-23-21(24)19-9-7-6-8-16(19)5/h6-15H,1-5H3,(H,23,24)/b22-13-. The number of hydrogen-bond donors (Lipinski definition) is 1. The van der Waals surface area contributed by atoms with Gasteiger partial charge in [-0.15, -0.1) is 0 Å². The lowest BCUT2D eigenvalue weighted by Gasteiger charge is -2.15. The van der Waals surface area contributed by atoms with Crippen LogP contribution in [0.1, 0.15) is 49.2 Å². The molecule has 2 rings (SSSR count). The Morgan fingerprint density at radius 1 is 1.04 bits per heavy atom. The number of nitrogens with one attached hydrogen (secondary N) is 1. The zero-order chi connectivity index (χ0) is 19.1. The van der Waals surface area contributed by atoms with Gasteiger partial charge >= 0.3 is 0 Å². The van der Waals surface area contributed by atoms with Gasteiger partial charge in [0, 0.05) is 17.2 Å². The second kappa shape index (κ2) is 9.04. The minimum absolute atomic E-state index is 0.0120. The first-order valence-corrected chi connectivity index (χ1v) is 8.73. The molecule has 26 heavy (non-hydrogen) atoms. The van der Waals surface area contributed by atoms with E-state index in [9.17, 15) is 4.79 Å². The van der Waals surface area contributed by atoms with E-state index < -0.39 is 0 Å². The van der Waals surface area contributed by atoms with E-state index in [0.717, 1.165) is 16.9 Å². The Bertz CT molecular complexity index is 783. The number of benzene rings is 2. The molecule has 0 bridgehead atoms. The summed E-state index contributed by atoms with van der Waals surface area (Å²) in [4.78, 5) is 12.2. The largest absolute Gasteiger partial charge is 0.491 e. The van der Waals surface area contributed by atoms with Gasteiger partial charge in [0.2, 0.25) is 0 Å². The van der Waals surface area contributed by atoms with Gasteiger partial charge in [-0.2, -0.15) is 5.10 Å². The number of hydrazone groups is 1. The van der Waals surface area contributed by atoms with Crippen molar-refractivity contribution < 1.29 is 14.3 Å². The number of carbonyl (C=O) groups excluding carboxylic acids is 1. The van der Waals surface area contributed by atoms with E-state index in [1.807, 2.05) is 71.0 Å². The van der Waals surface area contributed by atoms with Gasteiger partial charge in [0.15, 0.2) is 0 Å². The number of carbonyl (C=O) groups is 1. The Morgan fingerprint density at radius 3 is 2.38 bits per heavy atom. The van der Waals surface area contributed by atoms with Crippen LogP contribution in [0.2, 0.25) is 0 Å². The second-order valence-electron chi connectivity index (χ2n) is 6.55. The lowest BCUT2D eigenvalue weighted by molar-refractivity contribution is 0.0954. The average molecular weight is 354 g/mol. The summed E-state index contributed by atoms with van der Waals surface area (Å²) >= 11 is 0. The van der Waals surface area contributed by atoms with E-state index in [0.29, 0.717) is 11.3 Å². The molecule has 0 aliphatic carbocycles. The van der Waals surface area contributed by atoms with Crippen molar-refractivity contribution in [2.75, 3.05) is 0 Å². The minimum atomic E-state index is -0.245. The molecule has 0 aromatic heterocycles. The van der Waals surface area contributed by atoms with Crippen molar-refractivity contribution in [3.05, 3.63) is 59.2 Å². The van der Waals surface area contributed by atoms with Crippen LogP contribution in [0.3, 0.4) is 0 Å². The average Bonchev–Trinajstić information content (AvgIpc) is 2.56. The molecular weight excluding hydrogens is 328 g/mol. The number of aryl methyl sites for hydroxylation is 1. The third-order valence-electron chi connectivity index (χ3n) is 3.48. The summed E-state index contributed by atoms with van der Waals surface area (Å²) in [5.41, 5.74) is 4.83. The summed E-state index contributed by atoms with van der Waals surface area (Å²) in [6, 6.07) is 12.9. The first-order valence-electron chi connectivity index (χ1n) is 8.73. The lowest BCUT2D eigenvalue weighted by atomic mass is 10.1. The van der Waals surface area contributed by atoms with E-state index in [1.54, 1.807) is 12.3 Å². The van der Waals surface area contributed by atoms with Gasteiger partial charge in [-0.05, 0) is 58.4 Å². The highest BCUT2D eigenvalue weighted by atomic mass is 16.5. The molecule has 5 nitrogen and oxygen atoms in total. The summed E-state index contributed by atoms with van der Waals surface area (Å²) in [7, 11) is 0. The smallest absolute Gasteiger partial charge is 0.271 e. The predicted molar refractivity (Wildman–Crippen MR) is 104 cm³/mol. The third-order valence-corrected chi connectivity index (χ3v) is 3.48. The van der Waals surface area contributed by atoms with Crippen LogP contribution in [0.15, 0.2) is 47.6 Å². The fourth-order valence-corrected chi connectivity index (χ4v) is 2.37. The van der Waals surface area contributed by atoms with E-state index in [-0.39, 0.29) is 18.1 Å². The molecule has 0 saturated heterocycles. The Hall–Kier alpha value is -2.82. The zero-order valence-corrected chi connectivity index (χ0v) is 15.9. The molecule has 5 heteroatoms. The van der Waals surface area contributed by atoms with Crippen LogP contribution in [-0.2, 0) is 0 Å². The lowest BCUT2D eigenvalue weighted by Crippen LogP contribution is -2.18. The van der Waals surface area contributed by atoms with Crippen LogP contribution in [0, 0.1) is 6.92 Å². The maximum absolute atomic E-state index is 12.2. The highest BCUT2D eigenvalue weighted by Gasteiger charge is 2.09. The van der Waals surface area contributed by atoms with Gasteiger partial charge in [0.25, 0.3) is 5.91 Å². The topological polar surface area (TPSA) is 59.9 Å². The van der Waals surface area contributed by atoms with E-state index in [1.165, 1.54) is 0 Å². The Kier molecular flexibility index (Phi) is 6.78.